The Bertz CT molecular complexity index is 1070. The highest BCUT2D eigenvalue weighted by Gasteiger charge is 2.16. The van der Waals surface area contributed by atoms with Gasteiger partial charge in [0.25, 0.3) is 5.91 Å². The van der Waals surface area contributed by atoms with Crippen LogP contribution in [-0.2, 0) is 0 Å². The van der Waals surface area contributed by atoms with Crippen LogP contribution in [0.5, 0.6) is 0 Å². The van der Waals surface area contributed by atoms with Gasteiger partial charge in [0.2, 0.25) is 5.13 Å². The van der Waals surface area contributed by atoms with Gasteiger partial charge in [0.05, 0.1) is 10.4 Å². The fourth-order valence-corrected chi connectivity index (χ4v) is 3.45. The molecule has 0 unspecified atom stereocenters. The smallest absolute Gasteiger partial charge is 0.256 e. The lowest BCUT2D eigenvalue weighted by atomic mass is 10.2. The van der Waals surface area contributed by atoms with Crippen molar-refractivity contribution in [2.24, 2.45) is 0 Å². The van der Waals surface area contributed by atoms with Crippen LogP contribution in [0.15, 0.2) is 54.6 Å². The van der Waals surface area contributed by atoms with Crippen molar-refractivity contribution in [3.63, 3.8) is 0 Å². The van der Waals surface area contributed by atoms with Crippen molar-refractivity contribution < 1.29 is 9.18 Å². The van der Waals surface area contributed by atoms with E-state index in [1.165, 1.54) is 22.1 Å². The molecule has 0 spiro atoms. The van der Waals surface area contributed by atoms with Gasteiger partial charge in [0, 0.05) is 11.6 Å². The number of fused-ring (bicyclic) bond motifs is 1. The van der Waals surface area contributed by atoms with Crippen molar-refractivity contribution >= 4 is 33.3 Å². The quantitative estimate of drug-likeness (QED) is 0.602. The number of nitrogens with zero attached hydrogens (tertiary/aromatic N) is 3. The van der Waals surface area contributed by atoms with Crippen LogP contribution in [0.25, 0.3) is 15.3 Å². The predicted molar refractivity (Wildman–Crippen MR) is 95.8 cm³/mol. The summed E-state index contributed by atoms with van der Waals surface area (Å²) < 4.78 is 16.2. The fraction of sp³-hybridized carbons (Fsp3) is 0.0556. The van der Waals surface area contributed by atoms with E-state index in [-0.39, 0.29) is 11.7 Å². The molecule has 2 aromatic heterocycles. The summed E-state index contributed by atoms with van der Waals surface area (Å²) in [7, 11) is 0. The first-order chi connectivity index (χ1) is 12.1. The van der Waals surface area contributed by atoms with E-state index >= 15 is 0 Å². The summed E-state index contributed by atoms with van der Waals surface area (Å²) in [6, 6.07) is 15.5. The van der Waals surface area contributed by atoms with Crippen LogP contribution in [-0.4, -0.2) is 20.7 Å². The molecule has 0 saturated heterocycles. The molecular formula is C18H13FN4OS. The lowest BCUT2D eigenvalue weighted by Gasteiger charge is -2.06. The van der Waals surface area contributed by atoms with Crippen LogP contribution in [0.3, 0.4) is 0 Å². The average Bonchev–Trinajstić information content (AvgIpc) is 3.20. The lowest BCUT2D eigenvalue weighted by Crippen LogP contribution is -2.14. The molecule has 5 nitrogen and oxygen atoms in total. The van der Waals surface area contributed by atoms with Gasteiger partial charge in [0.1, 0.15) is 17.2 Å². The summed E-state index contributed by atoms with van der Waals surface area (Å²) >= 11 is 1.31. The number of hydrogen-bond donors (Lipinski definition) is 1. The van der Waals surface area contributed by atoms with Crippen molar-refractivity contribution in [3.8, 4) is 5.13 Å². The summed E-state index contributed by atoms with van der Waals surface area (Å²) in [5, 5.41) is 7.72. The van der Waals surface area contributed by atoms with Gasteiger partial charge in [-0.05, 0) is 31.2 Å². The van der Waals surface area contributed by atoms with Gasteiger partial charge in [-0.2, -0.15) is 9.78 Å². The number of nitrogens with one attached hydrogen (secondary N) is 1. The molecule has 0 bridgehead atoms. The second-order valence-corrected chi connectivity index (χ2v) is 6.50. The molecule has 4 rings (SSSR count). The van der Waals surface area contributed by atoms with Crippen LogP contribution in [0.4, 0.5) is 10.2 Å². The fourth-order valence-electron chi connectivity index (χ4n) is 2.51. The maximum Gasteiger partial charge on any atom is 0.256 e. The normalized spacial score (nSPS) is 11.0. The molecule has 4 aromatic rings. The lowest BCUT2D eigenvalue weighted by molar-refractivity contribution is 0.102. The minimum Gasteiger partial charge on any atom is -0.306 e. The molecular weight excluding hydrogens is 339 g/mol. The largest absolute Gasteiger partial charge is 0.306 e. The van der Waals surface area contributed by atoms with Gasteiger partial charge in [-0.15, -0.1) is 0 Å². The van der Waals surface area contributed by atoms with E-state index in [0.717, 1.165) is 10.4 Å². The van der Waals surface area contributed by atoms with Crippen molar-refractivity contribution in [3.05, 3.63) is 71.7 Å². The van der Waals surface area contributed by atoms with E-state index < -0.39 is 0 Å². The minimum atomic E-state index is -0.376. The highest BCUT2D eigenvalue weighted by Crippen LogP contribution is 2.28. The number of hydrogen-bond acceptors (Lipinski definition) is 4. The Morgan fingerprint density at radius 3 is 2.72 bits per heavy atom. The number of aryl methyl sites for hydroxylation is 1. The van der Waals surface area contributed by atoms with Crippen LogP contribution in [0, 0.1) is 12.7 Å². The van der Waals surface area contributed by atoms with Crippen molar-refractivity contribution in [1.82, 2.24) is 14.8 Å². The SMILES string of the molecule is Cc1cc(NC(=O)c2ccccc2)n(-c2nc3c(F)cccc3s2)n1. The second kappa shape index (κ2) is 6.10. The zero-order chi connectivity index (χ0) is 17.4. The highest BCUT2D eigenvalue weighted by molar-refractivity contribution is 7.20. The Balaban J connectivity index is 1.73. The third kappa shape index (κ3) is 2.89. The molecule has 1 N–H and O–H groups in total. The minimum absolute atomic E-state index is 0.242. The van der Waals surface area contributed by atoms with Crippen LogP contribution >= 0.6 is 11.3 Å². The number of aromatic nitrogens is 3. The van der Waals surface area contributed by atoms with Crippen molar-refractivity contribution in [1.29, 1.82) is 0 Å². The summed E-state index contributed by atoms with van der Waals surface area (Å²) in [5.41, 5.74) is 1.57. The van der Waals surface area contributed by atoms with E-state index in [9.17, 15) is 9.18 Å². The van der Waals surface area contributed by atoms with E-state index in [4.69, 9.17) is 0 Å². The van der Waals surface area contributed by atoms with Gasteiger partial charge < -0.3 is 5.32 Å². The molecule has 0 aliphatic rings. The number of halogens is 1. The van der Waals surface area contributed by atoms with Crippen LogP contribution in [0.1, 0.15) is 16.1 Å². The zero-order valence-corrected chi connectivity index (χ0v) is 14.0. The van der Waals surface area contributed by atoms with E-state index in [2.05, 4.69) is 15.4 Å². The summed E-state index contributed by atoms with van der Waals surface area (Å²) in [4.78, 5) is 16.7. The van der Waals surface area contributed by atoms with Gasteiger partial charge in [-0.3, -0.25) is 4.79 Å². The maximum atomic E-state index is 13.9. The molecule has 0 aliphatic carbocycles. The van der Waals surface area contributed by atoms with Gasteiger partial charge in [-0.1, -0.05) is 35.6 Å². The Morgan fingerprint density at radius 2 is 1.96 bits per heavy atom. The van der Waals surface area contributed by atoms with Gasteiger partial charge >= 0.3 is 0 Å². The Morgan fingerprint density at radius 1 is 1.16 bits per heavy atom. The second-order valence-electron chi connectivity index (χ2n) is 5.49. The Hall–Kier alpha value is -3.06. The monoisotopic (exact) mass is 352 g/mol. The number of para-hydroxylation sites is 1. The third-order valence-electron chi connectivity index (χ3n) is 3.65. The number of anilines is 1. The van der Waals surface area contributed by atoms with Gasteiger partial charge in [0.15, 0.2) is 0 Å². The molecule has 124 valence electrons. The number of benzene rings is 2. The third-order valence-corrected chi connectivity index (χ3v) is 4.64. The molecule has 0 radical (unpaired) electrons. The average molecular weight is 352 g/mol. The Labute approximate surface area is 146 Å². The maximum absolute atomic E-state index is 13.9. The van der Waals surface area contributed by atoms with E-state index in [0.29, 0.717) is 22.0 Å². The van der Waals surface area contributed by atoms with Crippen LogP contribution < -0.4 is 5.32 Å². The number of carbonyl (C=O) groups excluding carboxylic acids is 1. The number of carbonyl (C=O) groups is 1. The van der Waals surface area contributed by atoms with E-state index in [1.54, 1.807) is 42.5 Å². The molecule has 0 saturated carbocycles. The summed E-state index contributed by atoms with van der Waals surface area (Å²) in [6.07, 6.45) is 0. The molecule has 7 heteroatoms. The standard InChI is InChI=1S/C18H13FN4OS/c1-11-10-15(20-17(24)12-6-3-2-4-7-12)23(22-11)18-21-16-13(19)8-5-9-14(16)25-18/h2-10H,1H3,(H,20,24). The molecule has 2 aromatic carbocycles. The number of thiazole rings is 1. The van der Waals surface area contributed by atoms with Crippen molar-refractivity contribution in [2.75, 3.05) is 5.32 Å². The van der Waals surface area contributed by atoms with Crippen LogP contribution in [0.2, 0.25) is 0 Å². The highest BCUT2D eigenvalue weighted by atomic mass is 32.1. The topological polar surface area (TPSA) is 59.8 Å². The molecule has 1 amide bonds. The molecule has 0 aliphatic heterocycles. The van der Waals surface area contributed by atoms with Crippen molar-refractivity contribution in [2.45, 2.75) is 6.92 Å². The first kappa shape index (κ1) is 15.5. The van der Waals surface area contributed by atoms with E-state index in [1.807, 2.05) is 13.0 Å². The molecule has 25 heavy (non-hydrogen) atoms. The predicted octanol–water partition coefficient (Wildman–Crippen LogP) is 4.18. The molecule has 0 atom stereocenters. The first-order valence-corrected chi connectivity index (χ1v) is 8.42. The zero-order valence-electron chi connectivity index (χ0n) is 13.2. The summed E-state index contributed by atoms with van der Waals surface area (Å²) in [5.74, 6) is -0.126. The molecule has 0 fully saturated rings. The molecule has 2 heterocycles. The number of amides is 1. The van der Waals surface area contributed by atoms with Gasteiger partial charge in [-0.25, -0.2) is 9.37 Å². The number of rotatable bonds is 3. The first-order valence-electron chi connectivity index (χ1n) is 7.60. The Kier molecular flexibility index (Phi) is 3.77. The summed E-state index contributed by atoms with van der Waals surface area (Å²) in [6.45, 7) is 1.82.